The van der Waals surface area contributed by atoms with E-state index in [0.29, 0.717) is 28.3 Å². The number of aromatic nitrogens is 2. The molecule has 0 saturated heterocycles. The van der Waals surface area contributed by atoms with E-state index >= 15 is 0 Å². The van der Waals surface area contributed by atoms with Crippen molar-refractivity contribution in [2.75, 3.05) is 5.32 Å². The Morgan fingerprint density at radius 1 is 0.941 bits per heavy atom. The van der Waals surface area contributed by atoms with Crippen LogP contribution in [0.1, 0.15) is 28.3 Å². The van der Waals surface area contributed by atoms with Crippen LogP contribution in [0.25, 0.3) is 11.1 Å². The van der Waals surface area contributed by atoms with Gasteiger partial charge in [0.2, 0.25) is 5.95 Å². The minimum absolute atomic E-state index is 0.0524. The van der Waals surface area contributed by atoms with Crippen molar-refractivity contribution in [1.82, 2.24) is 15.3 Å². The van der Waals surface area contributed by atoms with Crippen LogP contribution in [0, 0.1) is 11.6 Å². The molecule has 1 aliphatic rings. The summed E-state index contributed by atoms with van der Waals surface area (Å²) < 4.78 is 27.2. The molecule has 8 heteroatoms. The Hall–Kier alpha value is -3.84. The zero-order chi connectivity index (χ0) is 23.7. The molecule has 0 bridgehead atoms. The van der Waals surface area contributed by atoms with Crippen molar-refractivity contribution >= 4 is 29.1 Å². The van der Waals surface area contributed by atoms with Crippen LogP contribution >= 0.6 is 11.6 Å². The first-order chi connectivity index (χ1) is 16.5. The molecule has 2 atom stereocenters. The fourth-order valence-electron chi connectivity index (χ4n) is 3.79. The number of halogens is 3. The number of hydrogen-bond acceptors (Lipinski definition) is 4. The minimum Gasteiger partial charge on any atom is -0.349 e. The average Bonchev–Trinajstić information content (AvgIpc) is 3.60. The molecule has 0 radical (unpaired) electrons. The lowest BCUT2D eigenvalue weighted by atomic mass is 10.1. The molecule has 2 N–H and O–H groups in total. The van der Waals surface area contributed by atoms with Crippen molar-refractivity contribution in [1.29, 1.82) is 0 Å². The molecule has 4 aromatic rings. The molecule has 1 aromatic heterocycles. The maximum atomic E-state index is 13.7. The van der Waals surface area contributed by atoms with Crippen molar-refractivity contribution < 1.29 is 13.6 Å². The second-order valence-electron chi connectivity index (χ2n) is 8.11. The highest BCUT2D eigenvalue weighted by Gasteiger charge is 2.39. The van der Waals surface area contributed by atoms with Gasteiger partial charge in [-0.15, -0.1) is 0 Å². The van der Waals surface area contributed by atoms with Gasteiger partial charge >= 0.3 is 0 Å². The topological polar surface area (TPSA) is 66.9 Å². The van der Waals surface area contributed by atoms with Crippen molar-refractivity contribution in [2.24, 2.45) is 0 Å². The number of nitrogens with zero attached hydrogens (tertiary/aromatic N) is 2. The van der Waals surface area contributed by atoms with Gasteiger partial charge in [-0.05, 0) is 60.0 Å². The Labute approximate surface area is 199 Å². The van der Waals surface area contributed by atoms with E-state index in [9.17, 15) is 13.6 Å². The summed E-state index contributed by atoms with van der Waals surface area (Å²) in [7, 11) is 0. The zero-order valence-corrected chi connectivity index (χ0v) is 18.6. The fraction of sp³-hybridized carbons (Fsp3) is 0.115. The van der Waals surface area contributed by atoms with Crippen LogP contribution in [0.4, 0.5) is 20.4 Å². The fourth-order valence-corrected chi connectivity index (χ4v) is 3.91. The molecule has 3 aromatic carbocycles. The van der Waals surface area contributed by atoms with E-state index in [4.69, 9.17) is 11.6 Å². The number of hydrogen-bond donors (Lipinski definition) is 2. The highest BCUT2D eigenvalue weighted by molar-refractivity contribution is 6.30. The van der Waals surface area contributed by atoms with Crippen molar-refractivity contribution in [3.05, 3.63) is 107 Å². The lowest BCUT2D eigenvalue weighted by molar-refractivity contribution is 0.0950. The Balaban J connectivity index is 1.22. The summed E-state index contributed by atoms with van der Waals surface area (Å²) in [6, 6.07) is 17.9. The molecule has 1 aliphatic carbocycles. The van der Waals surface area contributed by atoms with Crippen LogP contribution < -0.4 is 10.6 Å². The molecule has 1 heterocycles. The van der Waals surface area contributed by atoms with Gasteiger partial charge < -0.3 is 10.6 Å². The zero-order valence-electron chi connectivity index (χ0n) is 17.8. The van der Waals surface area contributed by atoms with Gasteiger partial charge in [-0.1, -0.05) is 35.9 Å². The van der Waals surface area contributed by atoms with E-state index in [1.54, 1.807) is 54.9 Å². The molecular weight excluding hydrogens is 458 g/mol. The van der Waals surface area contributed by atoms with Gasteiger partial charge in [0.25, 0.3) is 5.91 Å². The molecule has 5 nitrogen and oxygen atoms in total. The van der Waals surface area contributed by atoms with Gasteiger partial charge in [-0.3, -0.25) is 4.79 Å². The Morgan fingerprint density at radius 2 is 1.74 bits per heavy atom. The summed E-state index contributed by atoms with van der Waals surface area (Å²) in [5.74, 6) is -0.575. The summed E-state index contributed by atoms with van der Waals surface area (Å²) in [6.07, 6.45) is 3.96. The maximum Gasteiger partial charge on any atom is 0.251 e. The van der Waals surface area contributed by atoms with Gasteiger partial charge in [-0.25, -0.2) is 18.7 Å². The second-order valence-corrected chi connectivity index (χ2v) is 8.51. The minimum atomic E-state index is -0.457. The molecule has 34 heavy (non-hydrogen) atoms. The van der Waals surface area contributed by atoms with Gasteiger partial charge in [0.1, 0.15) is 11.6 Å². The number of nitrogens with one attached hydrogen (secondary N) is 2. The van der Waals surface area contributed by atoms with Crippen molar-refractivity contribution in [2.45, 2.75) is 18.4 Å². The van der Waals surface area contributed by atoms with E-state index in [0.717, 1.165) is 12.0 Å². The quantitative estimate of drug-likeness (QED) is 0.352. The Kier molecular flexibility index (Phi) is 5.94. The molecule has 5 rings (SSSR count). The third-order valence-electron chi connectivity index (χ3n) is 5.67. The van der Waals surface area contributed by atoms with E-state index < -0.39 is 5.82 Å². The summed E-state index contributed by atoms with van der Waals surface area (Å²) in [5, 5.41) is 6.15. The third-order valence-corrected chi connectivity index (χ3v) is 5.98. The normalized spacial score (nSPS) is 16.7. The predicted molar refractivity (Wildman–Crippen MR) is 127 cm³/mol. The summed E-state index contributed by atoms with van der Waals surface area (Å²) >= 11 is 5.75. The van der Waals surface area contributed by atoms with E-state index in [2.05, 4.69) is 20.6 Å². The summed E-state index contributed by atoms with van der Waals surface area (Å²) in [5.41, 5.74) is 3.33. The van der Waals surface area contributed by atoms with Gasteiger partial charge in [0.05, 0.1) is 5.02 Å². The lowest BCUT2D eigenvalue weighted by Gasteiger charge is -2.09. The van der Waals surface area contributed by atoms with Gasteiger partial charge in [-0.2, -0.15) is 0 Å². The largest absolute Gasteiger partial charge is 0.349 e. The number of carbonyl (C=O) groups excluding carboxylic acids is 1. The molecular formula is C26H19ClF2N4O. The standard InChI is InChI=1S/C26H19ClF2N4O/c27-22-8-7-16(11-23(22)29)21-12-24(21)33-25(34)17-4-2-6-20(10-17)32-26-30-13-18(14-31-26)15-3-1-5-19(28)9-15/h1-11,13-14,21,24H,12H2,(H,33,34)(H,30,31,32)/t21-,24+/m0/s1. The molecule has 0 unspecified atom stereocenters. The molecule has 1 amide bonds. The van der Waals surface area contributed by atoms with E-state index in [1.807, 2.05) is 0 Å². The van der Waals surface area contributed by atoms with Crippen LogP contribution in [0.5, 0.6) is 0 Å². The number of amides is 1. The second kappa shape index (κ2) is 9.19. The Bertz CT molecular complexity index is 1360. The number of anilines is 2. The van der Waals surface area contributed by atoms with Crippen LogP contribution in [0.3, 0.4) is 0 Å². The van der Waals surface area contributed by atoms with Crippen LogP contribution in [0.15, 0.2) is 79.1 Å². The summed E-state index contributed by atoms with van der Waals surface area (Å²) in [4.78, 5) is 21.3. The van der Waals surface area contributed by atoms with Gasteiger partial charge in [0, 0.05) is 41.2 Å². The molecule has 1 fully saturated rings. The Morgan fingerprint density at radius 3 is 2.50 bits per heavy atom. The monoisotopic (exact) mass is 476 g/mol. The van der Waals surface area contributed by atoms with Crippen LogP contribution in [-0.4, -0.2) is 21.9 Å². The average molecular weight is 477 g/mol. The predicted octanol–water partition coefficient (Wildman–Crippen LogP) is 6.10. The van der Waals surface area contributed by atoms with E-state index in [1.165, 1.54) is 24.3 Å². The first-order valence-corrected chi connectivity index (χ1v) is 11.0. The SMILES string of the molecule is O=C(N[C@@H]1C[C@H]1c1ccc(Cl)c(F)c1)c1cccc(Nc2ncc(-c3cccc(F)c3)cn2)c1. The van der Waals surface area contributed by atoms with Crippen molar-refractivity contribution in [3.8, 4) is 11.1 Å². The smallest absolute Gasteiger partial charge is 0.251 e. The highest BCUT2D eigenvalue weighted by atomic mass is 35.5. The first-order valence-electron chi connectivity index (χ1n) is 10.7. The molecule has 170 valence electrons. The molecule has 0 spiro atoms. The van der Waals surface area contributed by atoms with Crippen molar-refractivity contribution in [3.63, 3.8) is 0 Å². The van der Waals surface area contributed by atoms with Gasteiger partial charge in [0.15, 0.2) is 0 Å². The number of benzene rings is 3. The first kappa shape index (κ1) is 22.0. The molecule has 0 aliphatic heterocycles. The van der Waals surface area contributed by atoms with Crippen LogP contribution in [0.2, 0.25) is 5.02 Å². The highest BCUT2D eigenvalue weighted by Crippen LogP contribution is 2.41. The van der Waals surface area contributed by atoms with Crippen LogP contribution in [-0.2, 0) is 0 Å². The lowest BCUT2D eigenvalue weighted by Crippen LogP contribution is -2.26. The van der Waals surface area contributed by atoms with E-state index in [-0.39, 0.29) is 28.7 Å². The number of carbonyl (C=O) groups is 1. The third kappa shape index (κ3) is 4.89. The summed E-state index contributed by atoms with van der Waals surface area (Å²) in [6.45, 7) is 0. The number of rotatable bonds is 6. The molecule has 1 saturated carbocycles. The maximum absolute atomic E-state index is 13.7.